The number of benzene rings is 1. The summed E-state index contributed by atoms with van der Waals surface area (Å²) in [5, 5.41) is 4.66. The van der Waals surface area contributed by atoms with Crippen molar-refractivity contribution in [1.82, 2.24) is 4.90 Å². The van der Waals surface area contributed by atoms with E-state index in [0.29, 0.717) is 13.2 Å². The van der Waals surface area contributed by atoms with Gasteiger partial charge in [0.25, 0.3) is 0 Å². The van der Waals surface area contributed by atoms with E-state index in [0.717, 1.165) is 31.3 Å². The summed E-state index contributed by atoms with van der Waals surface area (Å²) >= 11 is 1.66. The van der Waals surface area contributed by atoms with Crippen LogP contribution in [0.15, 0.2) is 40.7 Å². The molecule has 1 aliphatic heterocycles. The van der Waals surface area contributed by atoms with Gasteiger partial charge in [-0.25, -0.2) is 8.78 Å². The van der Waals surface area contributed by atoms with Crippen molar-refractivity contribution < 1.29 is 13.5 Å². The molecule has 0 radical (unpaired) electrons. The first-order valence-corrected chi connectivity index (χ1v) is 9.32. The third kappa shape index (κ3) is 4.78. The molecule has 3 N–H and O–H groups in total. The Hall–Kier alpha value is -2.03. The molecular formula is C18H22F2N4OS. The number of hydrogen-bond acceptors (Lipinski definition) is 4. The summed E-state index contributed by atoms with van der Waals surface area (Å²) in [6, 6.07) is 7.30. The number of guanidine groups is 1. The van der Waals surface area contributed by atoms with Crippen molar-refractivity contribution in [3.05, 3.63) is 52.2 Å². The first-order chi connectivity index (χ1) is 12.5. The van der Waals surface area contributed by atoms with Crippen molar-refractivity contribution >= 4 is 23.0 Å². The van der Waals surface area contributed by atoms with Crippen LogP contribution in [0.1, 0.15) is 17.8 Å². The molecule has 8 heteroatoms. The lowest BCUT2D eigenvalue weighted by atomic mass is 10.1. The van der Waals surface area contributed by atoms with Gasteiger partial charge in [0.1, 0.15) is 11.6 Å². The number of halogens is 2. The van der Waals surface area contributed by atoms with Crippen LogP contribution >= 0.6 is 11.3 Å². The van der Waals surface area contributed by atoms with Crippen LogP contribution in [0.4, 0.5) is 14.5 Å². The Morgan fingerprint density at radius 2 is 2.31 bits per heavy atom. The fraction of sp³-hybridized carbons (Fsp3) is 0.389. The largest absolute Gasteiger partial charge is 0.376 e. The summed E-state index contributed by atoms with van der Waals surface area (Å²) in [5.74, 6) is -1.07. The summed E-state index contributed by atoms with van der Waals surface area (Å²) in [4.78, 5) is 7.87. The smallest absolute Gasteiger partial charge is 0.193 e. The highest BCUT2D eigenvalue weighted by atomic mass is 32.1. The molecule has 2 unspecified atom stereocenters. The van der Waals surface area contributed by atoms with Crippen LogP contribution in [0.3, 0.4) is 0 Å². The molecule has 0 amide bonds. The Labute approximate surface area is 155 Å². The van der Waals surface area contributed by atoms with Gasteiger partial charge in [0.15, 0.2) is 5.96 Å². The van der Waals surface area contributed by atoms with Gasteiger partial charge >= 0.3 is 0 Å². The van der Waals surface area contributed by atoms with E-state index >= 15 is 0 Å². The average Bonchev–Trinajstić information content (AvgIpc) is 3.13. The fourth-order valence-corrected chi connectivity index (χ4v) is 3.80. The van der Waals surface area contributed by atoms with Crippen LogP contribution in [0.2, 0.25) is 0 Å². The van der Waals surface area contributed by atoms with Gasteiger partial charge in [0.05, 0.1) is 31.0 Å². The van der Waals surface area contributed by atoms with Crippen LogP contribution in [0.5, 0.6) is 0 Å². The standard InChI is InChI=1S/C18H22F2N4OS/c1-12-11-24(6-7-25-12)16(17-3-2-8-26-17)10-22-18(21)23-15-9-13(19)4-5-14(15)20/h2-5,8-9,12,16H,6-7,10-11H2,1H3,(H3,21,22,23). The van der Waals surface area contributed by atoms with Crippen molar-refractivity contribution in [3.63, 3.8) is 0 Å². The predicted molar refractivity (Wildman–Crippen MR) is 101 cm³/mol. The number of thiophene rings is 1. The molecule has 0 saturated carbocycles. The lowest BCUT2D eigenvalue weighted by Crippen LogP contribution is -2.44. The van der Waals surface area contributed by atoms with E-state index in [1.54, 1.807) is 11.3 Å². The molecular weight excluding hydrogens is 358 g/mol. The molecule has 1 fully saturated rings. The zero-order valence-electron chi connectivity index (χ0n) is 14.5. The zero-order chi connectivity index (χ0) is 18.5. The second kappa shape index (κ2) is 8.57. The van der Waals surface area contributed by atoms with Crippen LogP contribution < -0.4 is 11.1 Å². The highest BCUT2D eigenvalue weighted by Gasteiger charge is 2.26. The van der Waals surface area contributed by atoms with E-state index in [1.165, 1.54) is 4.88 Å². The third-order valence-corrected chi connectivity index (χ3v) is 5.18. The molecule has 2 atom stereocenters. The summed E-state index contributed by atoms with van der Waals surface area (Å²) in [6.07, 6.45) is 0.159. The Bertz CT molecular complexity index is 754. The van der Waals surface area contributed by atoms with Crippen molar-refractivity contribution in [2.45, 2.75) is 19.1 Å². The molecule has 0 bridgehead atoms. The molecule has 26 heavy (non-hydrogen) atoms. The van der Waals surface area contributed by atoms with E-state index in [2.05, 4.69) is 21.3 Å². The van der Waals surface area contributed by atoms with Gasteiger partial charge in [-0.05, 0) is 30.5 Å². The molecule has 1 aromatic carbocycles. The van der Waals surface area contributed by atoms with Gasteiger partial charge in [-0.3, -0.25) is 9.89 Å². The molecule has 2 aromatic rings. The molecule has 1 aromatic heterocycles. The average molecular weight is 380 g/mol. The maximum absolute atomic E-state index is 13.7. The normalized spacial score (nSPS) is 20.1. The molecule has 3 rings (SSSR count). The molecule has 0 spiro atoms. The van der Waals surface area contributed by atoms with Crippen molar-refractivity contribution in [2.24, 2.45) is 10.7 Å². The minimum absolute atomic E-state index is 0.0288. The van der Waals surface area contributed by atoms with Gasteiger partial charge < -0.3 is 15.8 Å². The molecule has 140 valence electrons. The van der Waals surface area contributed by atoms with E-state index in [4.69, 9.17) is 10.5 Å². The van der Waals surface area contributed by atoms with Crippen molar-refractivity contribution in [1.29, 1.82) is 0 Å². The summed E-state index contributed by atoms with van der Waals surface area (Å²) in [7, 11) is 0. The van der Waals surface area contributed by atoms with E-state index < -0.39 is 11.6 Å². The molecule has 2 heterocycles. The molecule has 1 saturated heterocycles. The topological polar surface area (TPSA) is 62.9 Å². The summed E-state index contributed by atoms with van der Waals surface area (Å²) < 4.78 is 32.6. The Morgan fingerprint density at radius 3 is 3.04 bits per heavy atom. The van der Waals surface area contributed by atoms with E-state index in [-0.39, 0.29) is 23.8 Å². The lowest BCUT2D eigenvalue weighted by molar-refractivity contribution is -0.0327. The number of ether oxygens (including phenoxy) is 1. The number of rotatable bonds is 5. The Balaban J connectivity index is 1.72. The van der Waals surface area contributed by atoms with Crippen molar-refractivity contribution in [2.75, 3.05) is 31.6 Å². The second-order valence-electron chi connectivity index (χ2n) is 6.18. The van der Waals surface area contributed by atoms with Crippen LogP contribution in [-0.2, 0) is 4.74 Å². The number of hydrogen-bond donors (Lipinski definition) is 2. The van der Waals surface area contributed by atoms with Crippen LogP contribution in [0.25, 0.3) is 0 Å². The maximum atomic E-state index is 13.7. The third-order valence-electron chi connectivity index (χ3n) is 4.21. The first-order valence-electron chi connectivity index (χ1n) is 8.44. The SMILES string of the molecule is CC1CN(C(CN=C(N)Nc2cc(F)ccc2F)c2cccs2)CCO1. The van der Waals surface area contributed by atoms with Gasteiger partial charge in [-0.2, -0.15) is 0 Å². The molecule has 5 nitrogen and oxygen atoms in total. The summed E-state index contributed by atoms with van der Waals surface area (Å²) in [5.41, 5.74) is 5.86. The number of nitrogens with two attached hydrogens (primary N) is 1. The van der Waals surface area contributed by atoms with E-state index in [9.17, 15) is 8.78 Å². The van der Waals surface area contributed by atoms with Gasteiger partial charge in [-0.1, -0.05) is 6.07 Å². The van der Waals surface area contributed by atoms with Crippen molar-refractivity contribution in [3.8, 4) is 0 Å². The quantitative estimate of drug-likeness (QED) is 0.618. The number of nitrogens with zero attached hydrogens (tertiary/aromatic N) is 2. The Kier molecular flexibility index (Phi) is 6.18. The van der Waals surface area contributed by atoms with Gasteiger partial charge in [0.2, 0.25) is 0 Å². The minimum Gasteiger partial charge on any atom is -0.376 e. The van der Waals surface area contributed by atoms with E-state index in [1.807, 2.05) is 18.4 Å². The minimum atomic E-state index is -0.582. The van der Waals surface area contributed by atoms with Crippen LogP contribution in [0, 0.1) is 11.6 Å². The summed E-state index contributed by atoms with van der Waals surface area (Å²) in [6.45, 7) is 4.76. The first kappa shape index (κ1) is 18.8. The fourth-order valence-electron chi connectivity index (χ4n) is 2.95. The predicted octanol–water partition coefficient (Wildman–Crippen LogP) is 3.21. The zero-order valence-corrected chi connectivity index (χ0v) is 15.3. The van der Waals surface area contributed by atoms with Gasteiger partial charge in [0, 0.05) is 24.0 Å². The highest BCUT2D eigenvalue weighted by molar-refractivity contribution is 7.10. The highest BCUT2D eigenvalue weighted by Crippen LogP contribution is 2.27. The number of anilines is 1. The number of nitrogens with one attached hydrogen (secondary N) is 1. The Morgan fingerprint density at radius 1 is 1.46 bits per heavy atom. The molecule has 1 aliphatic rings. The second-order valence-corrected chi connectivity index (χ2v) is 7.16. The number of morpholine rings is 1. The molecule has 0 aliphatic carbocycles. The maximum Gasteiger partial charge on any atom is 0.193 e. The van der Waals surface area contributed by atoms with Gasteiger partial charge in [-0.15, -0.1) is 11.3 Å². The monoisotopic (exact) mass is 380 g/mol. The number of aliphatic imine (C=N–C) groups is 1. The lowest BCUT2D eigenvalue weighted by Gasteiger charge is -2.36. The van der Waals surface area contributed by atoms with Crippen LogP contribution in [-0.4, -0.2) is 43.2 Å².